The molecule has 0 spiro atoms. The van der Waals surface area contributed by atoms with Gasteiger partial charge in [0.2, 0.25) is 0 Å². The Labute approximate surface area is 232 Å². The van der Waals surface area contributed by atoms with Crippen LogP contribution in [-0.2, 0) is 6.42 Å². The van der Waals surface area contributed by atoms with Crippen LogP contribution in [0.15, 0.2) is 65.8 Å². The molecule has 3 rings (SSSR count). The highest BCUT2D eigenvalue weighted by Crippen LogP contribution is 2.35. The Hall–Kier alpha value is -2.57. The summed E-state index contributed by atoms with van der Waals surface area (Å²) in [4.78, 5) is 7.32. The number of benzene rings is 2. The predicted molar refractivity (Wildman–Crippen MR) is 153 cm³/mol. The van der Waals surface area contributed by atoms with Crippen LogP contribution in [0.2, 0.25) is 10.0 Å². The molecule has 0 amide bonds. The van der Waals surface area contributed by atoms with Crippen LogP contribution < -0.4 is 0 Å². The van der Waals surface area contributed by atoms with Crippen LogP contribution in [0, 0.1) is 5.82 Å². The van der Waals surface area contributed by atoms with Crippen molar-refractivity contribution in [3.63, 3.8) is 0 Å². The van der Waals surface area contributed by atoms with Crippen molar-refractivity contribution in [1.29, 1.82) is 0 Å². The number of fused-ring (bicyclic) bond motifs is 1. The molecule has 1 atom stereocenters. The Morgan fingerprint density at radius 2 is 1.74 bits per heavy atom. The van der Waals surface area contributed by atoms with Gasteiger partial charge in [0.1, 0.15) is 5.82 Å². The molecular formula is C30H34Cl2F4N2. The fourth-order valence-electron chi connectivity index (χ4n) is 4.02. The summed E-state index contributed by atoms with van der Waals surface area (Å²) in [6, 6.07) is 10.7. The number of aromatic amines is 1. The number of aryl methyl sites for hydroxylation is 1. The number of alkyl halides is 3. The number of H-pyrrole nitrogens is 1. The van der Waals surface area contributed by atoms with Gasteiger partial charge in [0.15, 0.2) is 0 Å². The van der Waals surface area contributed by atoms with Crippen LogP contribution >= 0.6 is 23.2 Å². The minimum atomic E-state index is -4.36. The first-order valence-electron chi connectivity index (χ1n) is 12.6. The highest BCUT2D eigenvalue weighted by atomic mass is 35.5. The molecule has 0 aliphatic carbocycles. The summed E-state index contributed by atoms with van der Waals surface area (Å²) in [5, 5.41) is 2.27. The van der Waals surface area contributed by atoms with Crippen molar-refractivity contribution >= 4 is 39.8 Å². The Kier molecular flexibility index (Phi) is 12.1. The van der Waals surface area contributed by atoms with E-state index in [9.17, 15) is 17.6 Å². The van der Waals surface area contributed by atoms with Crippen LogP contribution in [0.25, 0.3) is 10.9 Å². The molecule has 0 bridgehead atoms. The molecule has 1 unspecified atom stereocenters. The molecule has 206 valence electrons. The number of nitrogens with zero attached hydrogens (tertiary/aromatic N) is 1. The standard InChI is InChI=1S/C20H20Cl2FN.C10H14F3N/c1-3-4-5-16-17-10-13(21)7-9-19(17)24-20(16)12(2)15-8-6-14(22)11-18(15)23;1-4-5-9(3)14-7-6-8(2)10(11,12)13/h6-12,24H,3-5H2,1-2H3;6-7H,2,4-5H2,1,3H3/b;7-6-,14-9?. The smallest absolute Gasteiger partial charge is 0.358 e. The van der Waals surface area contributed by atoms with Crippen molar-refractivity contribution in [2.45, 2.75) is 71.9 Å². The highest BCUT2D eigenvalue weighted by molar-refractivity contribution is 6.31. The highest BCUT2D eigenvalue weighted by Gasteiger charge is 2.29. The summed E-state index contributed by atoms with van der Waals surface area (Å²) in [5.41, 5.74) is 3.92. The average molecular weight is 570 g/mol. The van der Waals surface area contributed by atoms with Crippen molar-refractivity contribution in [2.24, 2.45) is 4.99 Å². The van der Waals surface area contributed by atoms with Gasteiger partial charge in [-0.2, -0.15) is 13.2 Å². The quantitative estimate of drug-likeness (QED) is 0.151. The van der Waals surface area contributed by atoms with Gasteiger partial charge in [-0.25, -0.2) is 4.39 Å². The van der Waals surface area contributed by atoms with E-state index in [1.54, 1.807) is 19.1 Å². The van der Waals surface area contributed by atoms with E-state index >= 15 is 0 Å². The van der Waals surface area contributed by atoms with Crippen LogP contribution in [-0.4, -0.2) is 16.9 Å². The topological polar surface area (TPSA) is 28.1 Å². The third-order valence-corrected chi connectivity index (χ3v) is 6.56. The first-order valence-corrected chi connectivity index (χ1v) is 13.3. The maximum absolute atomic E-state index is 14.4. The molecule has 2 nitrogen and oxygen atoms in total. The molecule has 1 aromatic heterocycles. The fourth-order valence-corrected chi connectivity index (χ4v) is 4.35. The number of rotatable bonds is 9. The maximum Gasteiger partial charge on any atom is 0.415 e. The maximum atomic E-state index is 14.4. The van der Waals surface area contributed by atoms with Gasteiger partial charge in [-0.05, 0) is 73.7 Å². The SMILES string of the molecule is C=C(/C=C\N=C(C)CCC)C(F)(F)F.CCCCc1c(C(C)c2ccc(Cl)cc2F)[nH]c2ccc(Cl)cc12. The van der Waals surface area contributed by atoms with Gasteiger partial charge in [-0.3, -0.25) is 4.99 Å². The molecule has 0 aliphatic rings. The second-order valence-corrected chi connectivity index (χ2v) is 10.0. The minimum absolute atomic E-state index is 0.0831. The van der Waals surface area contributed by atoms with Gasteiger partial charge < -0.3 is 4.98 Å². The Morgan fingerprint density at radius 1 is 1.08 bits per heavy atom. The number of allylic oxidation sites excluding steroid dienone is 2. The van der Waals surface area contributed by atoms with Crippen LogP contribution in [0.4, 0.5) is 17.6 Å². The van der Waals surface area contributed by atoms with Gasteiger partial charge in [0.25, 0.3) is 0 Å². The van der Waals surface area contributed by atoms with Gasteiger partial charge in [-0.15, -0.1) is 0 Å². The third kappa shape index (κ3) is 9.02. The van der Waals surface area contributed by atoms with Gasteiger partial charge in [0.05, 0.1) is 0 Å². The van der Waals surface area contributed by atoms with E-state index in [4.69, 9.17) is 23.2 Å². The molecule has 0 aliphatic heterocycles. The first kappa shape index (κ1) is 31.6. The molecule has 1 N–H and O–H groups in total. The molecule has 3 aromatic rings. The van der Waals surface area contributed by atoms with Gasteiger partial charge in [-0.1, -0.05) is 69.5 Å². The number of aromatic nitrogens is 1. The third-order valence-electron chi connectivity index (χ3n) is 6.09. The minimum Gasteiger partial charge on any atom is -0.358 e. The molecule has 0 radical (unpaired) electrons. The van der Waals surface area contributed by atoms with Gasteiger partial charge >= 0.3 is 6.18 Å². The van der Waals surface area contributed by atoms with Crippen LogP contribution in [0.5, 0.6) is 0 Å². The monoisotopic (exact) mass is 568 g/mol. The van der Waals surface area contributed by atoms with Crippen molar-refractivity contribution in [3.05, 3.63) is 93.5 Å². The Balaban J connectivity index is 0.000000312. The largest absolute Gasteiger partial charge is 0.415 e. The van der Waals surface area contributed by atoms with Gasteiger partial charge in [0, 0.05) is 50.0 Å². The second-order valence-electron chi connectivity index (χ2n) is 9.15. The van der Waals surface area contributed by atoms with E-state index in [2.05, 4.69) is 23.5 Å². The number of unbranched alkanes of at least 4 members (excludes halogenated alkanes) is 1. The number of nitrogens with one attached hydrogen (secondary N) is 1. The zero-order valence-corrected chi connectivity index (χ0v) is 23.7. The Bertz CT molecular complexity index is 1290. The molecule has 1 heterocycles. The lowest BCUT2D eigenvalue weighted by atomic mass is 9.92. The molecule has 0 saturated heterocycles. The summed E-state index contributed by atoms with van der Waals surface area (Å²) in [5.74, 6) is -0.353. The first-order chi connectivity index (χ1) is 17.9. The van der Waals surface area contributed by atoms with E-state index in [0.717, 1.165) is 71.7 Å². The van der Waals surface area contributed by atoms with Crippen LogP contribution in [0.1, 0.15) is 76.1 Å². The van der Waals surface area contributed by atoms with Crippen molar-refractivity contribution in [2.75, 3.05) is 0 Å². The van der Waals surface area contributed by atoms with E-state index in [1.165, 1.54) is 11.6 Å². The van der Waals surface area contributed by atoms with E-state index in [0.29, 0.717) is 10.6 Å². The molecular weight excluding hydrogens is 535 g/mol. The van der Waals surface area contributed by atoms with Crippen molar-refractivity contribution < 1.29 is 17.6 Å². The lowest BCUT2D eigenvalue weighted by molar-refractivity contribution is -0.0878. The average Bonchev–Trinajstić information content (AvgIpc) is 3.19. The normalized spacial score (nSPS) is 13.1. The summed E-state index contributed by atoms with van der Waals surface area (Å²) in [6.45, 7) is 10.8. The predicted octanol–water partition coefficient (Wildman–Crippen LogP) is 11.0. The summed E-state index contributed by atoms with van der Waals surface area (Å²) in [7, 11) is 0. The molecule has 0 fully saturated rings. The fraction of sp³-hybridized carbons (Fsp3) is 0.367. The number of halogens is 6. The molecule has 38 heavy (non-hydrogen) atoms. The van der Waals surface area contributed by atoms with Crippen molar-refractivity contribution in [1.82, 2.24) is 4.98 Å². The zero-order chi connectivity index (χ0) is 28.5. The summed E-state index contributed by atoms with van der Waals surface area (Å²) >= 11 is 12.1. The Morgan fingerprint density at radius 3 is 2.34 bits per heavy atom. The zero-order valence-electron chi connectivity index (χ0n) is 22.2. The number of hydrogen-bond acceptors (Lipinski definition) is 1. The second kappa shape index (κ2) is 14.5. The van der Waals surface area contributed by atoms with Crippen molar-refractivity contribution in [3.8, 4) is 0 Å². The molecule has 0 saturated carbocycles. The summed E-state index contributed by atoms with van der Waals surface area (Å²) < 4.78 is 50.1. The molecule has 8 heteroatoms. The van der Waals surface area contributed by atoms with Crippen LogP contribution in [0.3, 0.4) is 0 Å². The number of hydrogen-bond donors (Lipinski definition) is 1. The van der Waals surface area contributed by atoms with E-state index in [1.807, 2.05) is 32.0 Å². The van der Waals surface area contributed by atoms with E-state index < -0.39 is 11.7 Å². The molecule has 2 aromatic carbocycles. The summed E-state index contributed by atoms with van der Waals surface area (Å²) in [6.07, 6.45) is 2.53. The number of aliphatic imine (C=N–C) groups is 1. The lowest BCUT2D eigenvalue weighted by Crippen LogP contribution is -2.08. The lowest BCUT2D eigenvalue weighted by Gasteiger charge is -2.15. The van der Waals surface area contributed by atoms with E-state index in [-0.39, 0.29) is 11.7 Å².